The van der Waals surface area contributed by atoms with Gasteiger partial charge >= 0.3 is 6.09 Å². The first-order valence-electron chi connectivity index (χ1n) is 12.6. The average Bonchev–Trinajstić information content (AvgIpc) is 3.61. The maximum Gasteiger partial charge on any atom is 0.411 e. The van der Waals surface area contributed by atoms with Crippen LogP contribution in [0.1, 0.15) is 41.6 Å². The summed E-state index contributed by atoms with van der Waals surface area (Å²) < 4.78 is 20.2. The first-order valence-corrected chi connectivity index (χ1v) is 13.4. The number of aromatic amines is 1. The molecule has 1 atom stereocenters. The third kappa shape index (κ3) is 6.26. The van der Waals surface area contributed by atoms with Gasteiger partial charge in [-0.15, -0.1) is 5.10 Å². The molecule has 5 rings (SSSR count). The van der Waals surface area contributed by atoms with Crippen LogP contribution in [0.5, 0.6) is 0 Å². The second-order valence-electron chi connectivity index (χ2n) is 9.10. The van der Waals surface area contributed by atoms with Gasteiger partial charge < -0.3 is 20.4 Å². The molecule has 0 saturated carbocycles. The van der Waals surface area contributed by atoms with Crippen molar-refractivity contribution in [3.05, 3.63) is 82.3 Å². The number of H-pyrrole nitrogens is 1. The summed E-state index contributed by atoms with van der Waals surface area (Å²) in [4.78, 5) is 45.2. The van der Waals surface area contributed by atoms with E-state index in [0.29, 0.717) is 41.3 Å². The maximum atomic E-state index is 14.5. The van der Waals surface area contributed by atoms with E-state index in [9.17, 15) is 18.8 Å². The number of aromatic nitrogens is 5. The second-order valence-corrected chi connectivity index (χ2v) is 9.89. The minimum absolute atomic E-state index is 0.0354. The molecule has 12 nitrogen and oxygen atoms in total. The van der Waals surface area contributed by atoms with Crippen molar-refractivity contribution in [1.82, 2.24) is 30.3 Å². The molecule has 4 aromatic rings. The number of carbonyl (C=O) groups excluding carboxylic acids is 3. The Morgan fingerprint density at radius 2 is 2.02 bits per heavy atom. The number of methoxy groups -OCH3 is 1. The van der Waals surface area contributed by atoms with Gasteiger partial charge in [-0.2, -0.15) is 0 Å². The molecule has 0 aliphatic carbocycles. The number of allylic oxidation sites excluding steroid dienone is 1. The van der Waals surface area contributed by atoms with Crippen LogP contribution in [0.3, 0.4) is 0 Å². The summed E-state index contributed by atoms with van der Waals surface area (Å²) in [5.74, 6) is -1.20. The smallest absolute Gasteiger partial charge is 0.411 e. The number of carbonyl (C=O) groups is 3. The molecule has 42 heavy (non-hydrogen) atoms. The lowest BCUT2D eigenvalue weighted by molar-refractivity contribution is -0.116. The number of rotatable bonds is 4. The van der Waals surface area contributed by atoms with E-state index in [2.05, 4.69) is 41.0 Å². The summed E-state index contributed by atoms with van der Waals surface area (Å²) in [7, 11) is 1.24. The number of amides is 3. The van der Waals surface area contributed by atoms with Crippen molar-refractivity contribution in [1.29, 1.82) is 0 Å². The number of hydrogen-bond acceptors (Lipinski definition) is 7. The van der Waals surface area contributed by atoms with Crippen LogP contribution in [0.2, 0.25) is 10.2 Å². The molecule has 2 aromatic heterocycles. The van der Waals surface area contributed by atoms with Gasteiger partial charge in [-0.3, -0.25) is 14.9 Å². The molecular weight excluding hydrogens is 590 g/mol. The monoisotopic (exact) mass is 612 g/mol. The van der Waals surface area contributed by atoms with Gasteiger partial charge in [0.25, 0.3) is 5.91 Å². The normalized spacial score (nSPS) is 15.7. The van der Waals surface area contributed by atoms with Crippen molar-refractivity contribution in [2.45, 2.75) is 25.3 Å². The molecule has 0 radical (unpaired) electrons. The summed E-state index contributed by atoms with van der Waals surface area (Å²) in [5, 5.41) is 16.1. The van der Waals surface area contributed by atoms with Crippen LogP contribution in [0.25, 0.3) is 16.9 Å². The lowest BCUT2D eigenvalue weighted by Gasteiger charge is -2.14. The molecule has 2 bridgehead atoms. The number of ether oxygens (including phenoxy) is 1. The highest BCUT2D eigenvalue weighted by Gasteiger charge is 2.24. The van der Waals surface area contributed by atoms with Crippen LogP contribution in [0, 0.1) is 5.82 Å². The molecule has 3 amide bonds. The average molecular weight is 613 g/mol. The maximum absolute atomic E-state index is 14.5. The van der Waals surface area contributed by atoms with E-state index in [4.69, 9.17) is 23.2 Å². The van der Waals surface area contributed by atoms with Crippen molar-refractivity contribution >= 4 is 52.5 Å². The van der Waals surface area contributed by atoms with Crippen molar-refractivity contribution in [3.8, 4) is 16.9 Å². The molecule has 3 heterocycles. The fourth-order valence-corrected chi connectivity index (χ4v) is 4.63. The zero-order chi connectivity index (χ0) is 29.8. The van der Waals surface area contributed by atoms with E-state index in [1.807, 2.05) is 12.2 Å². The SMILES string of the molecule is COC(=O)Nc1ccc2c(c1)NC(=O)CC/C=C\C[C@H](NC(=O)c1cn(-c3cccc(Cl)c3F)nn1)c1nc-2c(Cl)[nH]1. The molecule has 4 N–H and O–H groups in total. The summed E-state index contributed by atoms with van der Waals surface area (Å²) in [6, 6.07) is 8.54. The Morgan fingerprint density at radius 1 is 1.19 bits per heavy atom. The summed E-state index contributed by atoms with van der Waals surface area (Å²) in [6.45, 7) is 0. The first kappa shape index (κ1) is 28.8. The number of nitrogens with one attached hydrogen (secondary N) is 4. The van der Waals surface area contributed by atoms with E-state index in [1.54, 1.807) is 24.3 Å². The van der Waals surface area contributed by atoms with Crippen molar-refractivity contribution in [3.63, 3.8) is 0 Å². The fraction of sp³-hybridized carbons (Fsp3) is 0.185. The van der Waals surface area contributed by atoms with Crippen LogP contribution >= 0.6 is 23.2 Å². The van der Waals surface area contributed by atoms with Crippen LogP contribution in [0.4, 0.5) is 20.6 Å². The number of benzene rings is 2. The van der Waals surface area contributed by atoms with Crippen LogP contribution in [-0.4, -0.2) is 50.0 Å². The molecule has 0 unspecified atom stereocenters. The van der Waals surface area contributed by atoms with Crippen LogP contribution < -0.4 is 16.0 Å². The number of nitrogens with zero attached hydrogens (tertiary/aromatic N) is 4. The molecular formula is C27H23Cl2FN8O4. The number of fused-ring (bicyclic) bond motifs is 4. The lowest BCUT2D eigenvalue weighted by Crippen LogP contribution is -2.29. The van der Waals surface area contributed by atoms with Crippen LogP contribution in [0.15, 0.2) is 54.7 Å². The largest absolute Gasteiger partial charge is 0.453 e. The van der Waals surface area contributed by atoms with Gasteiger partial charge in [0.1, 0.15) is 22.4 Å². The Labute approximate surface area is 248 Å². The quantitative estimate of drug-likeness (QED) is 0.224. The molecule has 0 spiro atoms. The Kier molecular flexibility index (Phi) is 8.50. The van der Waals surface area contributed by atoms with E-state index >= 15 is 0 Å². The predicted molar refractivity (Wildman–Crippen MR) is 153 cm³/mol. The molecule has 2 aromatic carbocycles. The first-order chi connectivity index (χ1) is 20.2. The molecule has 1 aliphatic rings. The van der Waals surface area contributed by atoms with Gasteiger partial charge in [0.2, 0.25) is 5.91 Å². The minimum Gasteiger partial charge on any atom is -0.453 e. The highest BCUT2D eigenvalue weighted by atomic mass is 35.5. The minimum atomic E-state index is -0.699. The highest BCUT2D eigenvalue weighted by Crippen LogP contribution is 2.35. The standard InChI is InChI=1S/C27H23Cl2FN8O4/c1-42-27(41)31-14-10-11-15-18(12-14)32-21(39)9-4-2-3-7-17(25-34-23(15)24(29)35-25)33-26(40)19-13-38(37-36-19)20-8-5-6-16(28)22(20)30/h2-3,5-6,8,10-13,17H,4,7,9H2,1H3,(H,31,41)(H,32,39)(H,33,40)(H,34,35)/b3-2-/t17-/m0/s1. The number of halogens is 3. The van der Waals surface area contributed by atoms with E-state index in [1.165, 1.54) is 25.4 Å². The van der Waals surface area contributed by atoms with E-state index in [-0.39, 0.29) is 33.9 Å². The topological polar surface area (TPSA) is 156 Å². The molecule has 1 aliphatic heterocycles. The summed E-state index contributed by atoms with van der Waals surface area (Å²) in [6.07, 6.45) is 5.17. The predicted octanol–water partition coefficient (Wildman–Crippen LogP) is 5.43. The van der Waals surface area contributed by atoms with Crippen molar-refractivity contribution in [2.24, 2.45) is 0 Å². The van der Waals surface area contributed by atoms with Gasteiger partial charge in [0.05, 0.1) is 30.1 Å². The van der Waals surface area contributed by atoms with Gasteiger partial charge in [0.15, 0.2) is 11.5 Å². The zero-order valence-corrected chi connectivity index (χ0v) is 23.5. The van der Waals surface area contributed by atoms with Crippen LogP contribution in [-0.2, 0) is 9.53 Å². The van der Waals surface area contributed by atoms with Gasteiger partial charge in [-0.1, -0.05) is 46.6 Å². The Bertz CT molecular complexity index is 1700. The summed E-state index contributed by atoms with van der Waals surface area (Å²) in [5.41, 5.74) is 1.51. The van der Waals surface area contributed by atoms with Crippen molar-refractivity contribution in [2.75, 3.05) is 17.7 Å². The second kappa shape index (κ2) is 12.4. The Hall–Kier alpha value is -4.75. The number of hydrogen-bond donors (Lipinski definition) is 4. The van der Waals surface area contributed by atoms with Crippen molar-refractivity contribution < 1.29 is 23.5 Å². The highest BCUT2D eigenvalue weighted by molar-refractivity contribution is 6.32. The summed E-state index contributed by atoms with van der Waals surface area (Å²) >= 11 is 12.4. The number of anilines is 2. The Morgan fingerprint density at radius 3 is 2.83 bits per heavy atom. The molecule has 216 valence electrons. The molecule has 0 fully saturated rings. The van der Waals surface area contributed by atoms with E-state index < -0.39 is 23.9 Å². The zero-order valence-electron chi connectivity index (χ0n) is 22.0. The number of imidazole rings is 1. The molecule has 0 saturated heterocycles. The van der Waals surface area contributed by atoms with E-state index in [0.717, 1.165) is 4.68 Å². The Balaban J connectivity index is 1.46. The third-order valence-electron chi connectivity index (χ3n) is 6.27. The van der Waals surface area contributed by atoms with Gasteiger partial charge in [0, 0.05) is 17.7 Å². The molecule has 15 heteroatoms. The fourth-order valence-electron chi connectivity index (χ4n) is 4.22. The van der Waals surface area contributed by atoms with Gasteiger partial charge in [-0.25, -0.2) is 18.9 Å². The third-order valence-corrected chi connectivity index (χ3v) is 6.84. The lowest BCUT2D eigenvalue weighted by atomic mass is 10.1. The van der Waals surface area contributed by atoms with Gasteiger partial charge in [-0.05, 0) is 43.2 Å².